The molecule has 192 valence electrons. The Hall–Kier alpha value is -1.60. The average molecular weight is 483 g/mol. The Kier molecular flexibility index (Phi) is 10.3. The number of hydrogen-bond donors (Lipinski definition) is 1. The van der Waals surface area contributed by atoms with Crippen LogP contribution in [0.2, 0.25) is 0 Å². The summed E-state index contributed by atoms with van der Waals surface area (Å²) in [4.78, 5) is 14.6. The number of nitrogens with zero attached hydrogens (tertiary/aromatic N) is 1. The van der Waals surface area contributed by atoms with Crippen molar-refractivity contribution in [1.82, 2.24) is 10.2 Å². The molecule has 34 heavy (non-hydrogen) atoms. The van der Waals surface area contributed by atoms with Gasteiger partial charge in [-0.2, -0.15) is 13.2 Å². The second kappa shape index (κ2) is 12.9. The highest BCUT2D eigenvalue weighted by atomic mass is 19.4. The molecule has 4 nitrogen and oxygen atoms in total. The number of rotatable bonds is 6. The molecule has 1 amide bonds. The zero-order valence-electron chi connectivity index (χ0n) is 20.8. The van der Waals surface area contributed by atoms with Crippen molar-refractivity contribution in [2.45, 2.75) is 103 Å². The molecule has 2 heterocycles. The van der Waals surface area contributed by atoms with E-state index < -0.39 is 11.7 Å². The Balaban J connectivity index is 0.000000574. The lowest BCUT2D eigenvalue weighted by Crippen LogP contribution is -2.41. The Bertz CT molecular complexity index is 766. The van der Waals surface area contributed by atoms with Crippen LogP contribution >= 0.6 is 0 Å². The van der Waals surface area contributed by atoms with Crippen LogP contribution in [0.3, 0.4) is 0 Å². The summed E-state index contributed by atoms with van der Waals surface area (Å²) in [6.07, 6.45) is 7.45. The summed E-state index contributed by atoms with van der Waals surface area (Å²) < 4.78 is 44.4. The summed E-state index contributed by atoms with van der Waals surface area (Å²) in [6, 6.07) is 4.67. The third kappa shape index (κ3) is 8.26. The third-order valence-electron chi connectivity index (χ3n) is 7.30. The van der Waals surface area contributed by atoms with Gasteiger partial charge in [0.1, 0.15) is 0 Å². The quantitative estimate of drug-likeness (QED) is 0.532. The zero-order valence-corrected chi connectivity index (χ0v) is 20.8. The molecule has 1 aliphatic carbocycles. The molecular formula is C27H41F3N2O2. The second-order valence-electron chi connectivity index (χ2n) is 10.2. The molecule has 1 aromatic rings. The number of fused-ring (bicyclic) bond motifs is 1. The summed E-state index contributed by atoms with van der Waals surface area (Å²) in [5.41, 5.74) is 0.872. The first-order valence-electron chi connectivity index (χ1n) is 13.1. The van der Waals surface area contributed by atoms with Crippen molar-refractivity contribution in [2.75, 3.05) is 19.8 Å². The lowest BCUT2D eigenvalue weighted by molar-refractivity contribution is -0.137. The van der Waals surface area contributed by atoms with Crippen LogP contribution in [0, 0.1) is 5.92 Å². The minimum Gasteiger partial charge on any atom is -0.381 e. The molecule has 4 rings (SSSR count). The monoisotopic (exact) mass is 482 g/mol. The molecule has 2 aliphatic heterocycles. The standard InChI is InChI=1S/C22H31F3N2O2.C5H10/c1-15(3-4-16(2)26-20-8-11-29-12-9-20)21(28)27-10-7-17-5-6-19(22(23,24)25)13-18(17)14-27;1-2-4-5-3-1/h5-6,13,15-16,20,26H,3-4,7-12,14H2,1-2H3;1-5H2/t15-,16?;/m1./s1. The van der Waals surface area contributed by atoms with Gasteiger partial charge in [0.05, 0.1) is 5.56 Å². The van der Waals surface area contributed by atoms with Gasteiger partial charge in [-0.3, -0.25) is 4.79 Å². The molecule has 1 saturated heterocycles. The molecule has 1 unspecified atom stereocenters. The summed E-state index contributed by atoms with van der Waals surface area (Å²) in [5.74, 6) is -0.104. The van der Waals surface area contributed by atoms with Gasteiger partial charge in [0.25, 0.3) is 0 Å². The van der Waals surface area contributed by atoms with Gasteiger partial charge in [0.15, 0.2) is 0 Å². The minimum absolute atomic E-state index is 0.0336. The summed E-state index contributed by atoms with van der Waals surface area (Å²) in [5, 5.41) is 3.61. The van der Waals surface area contributed by atoms with Crippen molar-refractivity contribution >= 4 is 5.91 Å². The summed E-state index contributed by atoms with van der Waals surface area (Å²) in [7, 11) is 0. The number of amides is 1. The molecule has 1 N–H and O–H groups in total. The molecule has 1 aromatic carbocycles. The van der Waals surface area contributed by atoms with Crippen LogP contribution in [0.25, 0.3) is 0 Å². The van der Waals surface area contributed by atoms with Gasteiger partial charge in [-0.25, -0.2) is 0 Å². The summed E-state index contributed by atoms with van der Waals surface area (Å²) >= 11 is 0. The van der Waals surface area contributed by atoms with Crippen molar-refractivity contribution in [1.29, 1.82) is 0 Å². The minimum atomic E-state index is -4.36. The van der Waals surface area contributed by atoms with Crippen LogP contribution in [0.5, 0.6) is 0 Å². The van der Waals surface area contributed by atoms with Crippen LogP contribution in [-0.2, 0) is 28.7 Å². The van der Waals surface area contributed by atoms with Crippen LogP contribution in [0.1, 0.15) is 88.3 Å². The molecule has 2 fully saturated rings. The highest BCUT2D eigenvalue weighted by Crippen LogP contribution is 2.32. The highest BCUT2D eigenvalue weighted by Gasteiger charge is 2.32. The molecule has 7 heteroatoms. The molecule has 0 spiro atoms. The molecular weight excluding hydrogens is 441 g/mol. The fourth-order valence-electron chi connectivity index (χ4n) is 5.09. The molecule has 0 aromatic heterocycles. The average Bonchev–Trinajstić information content (AvgIpc) is 3.42. The first-order chi connectivity index (χ1) is 16.2. The van der Waals surface area contributed by atoms with Gasteiger partial charge in [-0.1, -0.05) is 45.1 Å². The number of ether oxygens (including phenoxy) is 1. The van der Waals surface area contributed by atoms with E-state index in [0.717, 1.165) is 50.5 Å². The number of carbonyl (C=O) groups excluding carboxylic acids is 1. The van der Waals surface area contributed by atoms with E-state index in [1.54, 1.807) is 11.0 Å². The highest BCUT2D eigenvalue weighted by molar-refractivity contribution is 5.78. The number of nitrogens with one attached hydrogen (secondary N) is 1. The van der Waals surface area contributed by atoms with Gasteiger partial charge in [0.2, 0.25) is 5.91 Å². The lowest BCUT2D eigenvalue weighted by atomic mass is 9.94. The zero-order chi connectivity index (χ0) is 24.6. The van der Waals surface area contributed by atoms with Gasteiger partial charge < -0.3 is 15.0 Å². The maximum atomic E-state index is 13.0. The van der Waals surface area contributed by atoms with Gasteiger partial charge in [-0.15, -0.1) is 0 Å². The van der Waals surface area contributed by atoms with Crippen LogP contribution in [0.4, 0.5) is 13.2 Å². The normalized spacial score (nSPS) is 20.8. The number of carbonyl (C=O) groups is 1. The number of halogens is 3. The van der Waals surface area contributed by atoms with E-state index in [0.29, 0.717) is 30.6 Å². The largest absolute Gasteiger partial charge is 0.416 e. The Morgan fingerprint density at radius 3 is 2.32 bits per heavy atom. The van der Waals surface area contributed by atoms with Crippen molar-refractivity contribution in [3.63, 3.8) is 0 Å². The molecule has 1 saturated carbocycles. The van der Waals surface area contributed by atoms with Crippen LogP contribution in [-0.4, -0.2) is 42.6 Å². The fourth-order valence-corrected chi connectivity index (χ4v) is 5.09. The van der Waals surface area contributed by atoms with E-state index in [-0.39, 0.29) is 18.4 Å². The van der Waals surface area contributed by atoms with Crippen molar-refractivity contribution in [3.8, 4) is 0 Å². The number of alkyl halides is 3. The lowest BCUT2D eigenvalue weighted by Gasteiger charge is -2.32. The van der Waals surface area contributed by atoms with Gasteiger partial charge >= 0.3 is 6.18 Å². The van der Waals surface area contributed by atoms with Crippen LogP contribution in [0.15, 0.2) is 18.2 Å². The molecule has 3 aliphatic rings. The Morgan fingerprint density at radius 2 is 1.71 bits per heavy atom. The summed E-state index contributed by atoms with van der Waals surface area (Å²) in [6.45, 7) is 6.49. The van der Waals surface area contributed by atoms with Crippen molar-refractivity contribution < 1.29 is 22.7 Å². The van der Waals surface area contributed by atoms with E-state index in [1.807, 2.05) is 6.92 Å². The maximum absolute atomic E-state index is 13.0. The van der Waals surface area contributed by atoms with E-state index in [4.69, 9.17) is 4.74 Å². The predicted octanol–water partition coefficient (Wildman–Crippen LogP) is 6.11. The van der Waals surface area contributed by atoms with E-state index in [9.17, 15) is 18.0 Å². The fraction of sp³-hybridized carbons (Fsp3) is 0.741. The Labute approximate surface area is 202 Å². The van der Waals surface area contributed by atoms with Crippen molar-refractivity contribution in [2.24, 2.45) is 5.92 Å². The predicted molar refractivity (Wildman–Crippen MR) is 128 cm³/mol. The Morgan fingerprint density at radius 1 is 1.06 bits per heavy atom. The van der Waals surface area contributed by atoms with E-state index >= 15 is 0 Å². The topological polar surface area (TPSA) is 41.6 Å². The third-order valence-corrected chi connectivity index (χ3v) is 7.30. The van der Waals surface area contributed by atoms with Crippen LogP contribution < -0.4 is 5.32 Å². The SMILES string of the molecule is C1CCCC1.CC(CC[C@@H](C)C(=O)N1CCc2ccc(C(F)(F)F)cc2C1)NC1CCOCC1. The molecule has 0 bridgehead atoms. The van der Waals surface area contributed by atoms with Gasteiger partial charge in [-0.05, 0) is 62.3 Å². The second-order valence-corrected chi connectivity index (χ2v) is 10.2. The van der Waals surface area contributed by atoms with E-state index in [1.165, 1.54) is 38.2 Å². The molecule has 0 radical (unpaired) electrons. The maximum Gasteiger partial charge on any atom is 0.416 e. The number of hydrogen-bond acceptors (Lipinski definition) is 3. The number of benzene rings is 1. The van der Waals surface area contributed by atoms with Gasteiger partial charge in [0, 0.05) is 44.3 Å². The molecule has 2 atom stereocenters. The first kappa shape index (κ1) is 27.0. The smallest absolute Gasteiger partial charge is 0.381 e. The van der Waals surface area contributed by atoms with E-state index in [2.05, 4.69) is 12.2 Å². The van der Waals surface area contributed by atoms with Crippen molar-refractivity contribution in [3.05, 3.63) is 34.9 Å². The first-order valence-corrected chi connectivity index (χ1v) is 13.1.